The third kappa shape index (κ3) is 6.24. The first-order valence-corrected chi connectivity index (χ1v) is 7.88. The highest BCUT2D eigenvalue weighted by molar-refractivity contribution is 8.13. The SMILES string of the molecule is CCNC(=O)N=C(NC(=O)Nc1ccc(Cl)c(Cl)c1)SC. The fraction of sp³-hybridized carbons (Fsp3) is 0.250. The Kier molecular flexibility index (Phi) is 7.35. The van der Waals surface area contributed by atoms with Gasteiger partial charge in [-0.3, -0.25) is 5.32 Å². The molecule has 1 aromatic carbocycles. The maximum Gasteiger partial charge on any atom is 0.343 e. The smallest absolute Gasteiger partial charge is 0.336 e. The van der Waals surface area contributed by atoms with E-state index < -0.39 is 12.1 Å². The molecule has 0 saturated carbocycles. The molecular weight excluding hydrogens is 335 g/mol. The van der Waals surface area contributed by atoms with E-state index in [1.807, 2.05) is 0 Å². The first kappa shape index (κ1) is 17.6. The van der Waals surface area contributed by atoms with Crippen LogP contribution in [0.4, 0.5) is 15.3 Å². The first-order valence-electron chi connectivity index (χ1n) is 5.89. The monoisotopic (exact) mass is 348 g/mol. The lowest BCUT2D eigenvalue weighted by Crippen LogP contribution is -2.34. The molecule has 114 valence electrons. The van der Waals surface area contributed by atoms with Gasteiger partial charge in [-0.25, -0.2) is 9.59 Å². The van der Waals surface area contributed by atoms with Crippen LogP contribution in [0.25, 0.3) is 0 Å². The van der Waals surface area contributed by atoms with Crippen LogP contribution in [0.3, 0.4) is 0 Å². The molecule has 1 rings (SSSR count). The highest BCUT2D eigenvalue weighted by Gasteiger charge is 2.08. The van der Waals surface area contributed by atoms with E-state index in [-0.39, 0.29) is 5.17 Å². The van der Waals surface area contributed by atoms with E-state index in [2.05, 4.69) is 20.9 Å². The number of anilines is 1. The Bertz CT molecular complexity index is 566. The quantitative estimate of drug-likeness (QED) is 0.564. The number of rotatable bonds is 2. The van der Waals surface area contributed by atoms with Crippen LogP contribution in [0.2, 0.25) is 10.0 Å². The summed E-state index contributed by atoms with van der Waals surface area (Å²) in [6.07, 6.45) is 1.69. The van der Waals surface area contributed by atoms with Crippen molar-refractivity contribution >= 4 is 57.9 Å². The number of nitrogens with one attached hydrogen (secondary N) is 3. The number of benzene rings is 1. The molecule has 0 atom stereocenters. The summed E-state index contributed by atoms with van der Waals surface area (Å²) in [6.45, 7) is 2.23. The summed E-state index contributed by atoms with van der Waals surface area (Å²) in [5.74, 6) is 0. The molecule has 0 aliphatic heterocycles. The lowest BCUT2D eigenvalue weighted by molar-refractivity contribution is 0.250. The van der Waals surface area contributed by atoms with E-state index in [9.17, 15) is 9.59 Å². The molecule has 0 fully saturated rings. The van der Waals surface area contributed by atoms with Crippen molar-refractivity contribution < 1.29 is 9.59 Å². The number of hydrogen-bond donors (Lipinski definition) is 3. The predicted octanol–water partition coefficient (Wildman–Crippen LogP) is 3.56. The fourth-order valence-corrected chi connectivity index (χ4v) is 1.91. The van der Waals surface area contributed by atoms with Gasteiger partial charge in [-0.1, -0.05) is 35.0 Å². The van der Waals surface area contributed by atoms with Gasteiger partial charge in [0.15, 0.2) is 5.17 Å². The average molecular weight is 349 g/mol. The van der Waals surface area contributed by atoms with E-state index in [1.54, 1.807) is 25.3 Å². The molecule has 0 radical (unpaired) electrons. The minimum Gasteiger partial charge on any atom is -0.336 e. The molecule has 9 heteroatoms. The minimum atomic E-state index is -0.536. The molecule has 6 nitrogen and oxygen atoms in total. The highest BCUT2D eigenvalue weighted by Crippen LogP contribution is 2.24. The molecule has 0 spiro atoms. The van der Waals surface area contributed by atoms with Crippen molar-refractivity contribution in [3.8, 4) is 0 Å². The maximum atomic E-state index is 11.8. The number of carbonyl (C=O) groups excluding carboxylic acids is 2. The molecule has 1 aromatic rings. The molecule has 3 N–H and O–H groups in total. The number of carbonyl (C=O) groups is 2. The van der Waals surface area contributed by atoms with Crippen LogP contribution in [-0.4, -0.2) is 30.0 Å². The Morgan fingerprint density at radius 1 is 1.29 bits per heavy atom. The predicted molar refractivity (Wildman–Crippen MR) is 88.6 cm³/mol. The van der Waals surface area contributed by atoms with E-state index in [1.165, 1.54) is 6.07 Å². The second kappa shape index (κ2) is 8.76. The Labute approximate surface area is 136 Å². The van der Waals surface area contributed by atoms with E-state index in [0.717, 1.165) is 11.8 Å². The zero-order valence-corrected chi connectivity index (χ0v) is 13.7. The second-order valence-electron chi connectivity index (χ2n) is 3.66. The third-order valence-corrected chi connectivity index (χ3v) is 3.44. The van der Waals surface area contributed by atoms with Gasteiger partial charge in [0.2, 0.25) is 0 Å². The van der Waals surface area contributed by atoms with Gasteiger partial charge < -0.3 is 10.6 Å². The fourth-order valence-electron chi connectivity index (χ4n) is 1.24. The molecule has 0 aliphatic rings. The molecule has 21 heavy (non-hydrogen) atoms. The van der Waals surface area contributed by atoms with Crippen molar-refractivity contribution in [3.05, 3.63) is 28.2 Å². The summed E-state index contributed by atoms with van der Waals surface area (Å²) in [4.78, 5) is 26.8. The van der Waals surface area contributed by atoms with E-state index in [4.69, 9.17) is 23.2 Å². The normalized spacial score (nSPS) is 11.0. The van der Waals surface area contributed by atoms with Gasteiger partial charge in [-0.05, 0) is 31.4 Å². The van der Waals surface area contributed by atoms with Gasteiger partial charge in [0.25, 0.3) is 0 Å². The largest absolute Gasteiger partial charge is 0.343 e. The number of hydrogen-bond acceptors (Lipinski definition) is 3. The summed E-state index contributed by atoms with van der Waals surface area (Å²) < 4.78 is 0. The zero-order valence-electron chi connectivity index (χ0n) is 11.4. The van der Waals surface area contributed by atoms with Crippen molar-refractivity contribution in [2.45, 2.75) is 6.92 Å². The summed E-state index contributed by atoms with van der Waals surface area (Å²) >= 11 is 12.8. The van der Waals surface area contributed by atoms with Crippen molar-refractivity contribution in [1.82, 2.24) is 10.6 Å². The van der Waals surface area contributed by atoms with Crippen LogP contribution >= 0.6 is 35.0 Å². The van der Waals surface area contributed by atoms with Gasteiger partial charge in [-0.15, -0.1) is 0 Å². The molecular formula is C12H14Cl2N4O2S. The Morgan fingerprint density at radius 2 is 2.00 bits per heavy atom. The lowest BCUT2D eigenvalue weighted by Gasteiger charge is -2.09. The van der Waals surface area contributed by atoms with Crippen LogP contribution in [0.1, 0.15) is 6.92 Å². The molecule has 4 amide bonds. The van der Waals surface area contributed by atoms with Gasteiger partial charge in [0.1, 0.15) is 0 Å². The van der Waals surface area contributed by atoms with Crippen LogP contribution in [0.15, 0.2) is 23.2 Å². The van der Waals surface area contributed by atoms with Crippen molar-refractivity contribution in [2.75, 3.05) is 18.1 Å². The molecule has 0 heterocycles. The minimum absolute atomic E-state index is 0.179. The number of nitrogens with zero attached hydrogens (tertiary/aromatic N) is 1. The number of amidine groups is 1. The molecule has 0 saturated heterocycles. The topological polar surface area (TPSA) is 82.6 Å². The van der Waals surface area contributed by atoms with Gasteiger partial charge in [0, 0.05) is 12.2 Å². The van der Waals surface area contributed by atoms with Crippen molar-refractivity contribution in [1.29, 1.82) is 0 Å². The number of halogens is 2. The van der Waals surface area contributed by atoms with Crippen LogP contribution in [0, 0.1) is 0 Å². The van der Waals surface area contributed by atoms with Crippen LogP contribution in [0.5, 0.6) is 0 Å². The number of aliphatic imine (C=N–C) groups is 1. The summed E-state index contributed by atoms with van der Waals surface area (Å²) in [6, 6.07) is 3.64. The Morgan fingerprint density at radius 3 is 2.57 bits per heavy atom. The van der Waals surface area contributed by atoms with Crippen LogP contribution < -0.4 is 16.0 Å². The second-order valence-corrected chi connectivity index (χ2v) is 5.27. The molecule has 0 aromatic heterocycles. The third-order valence-electron chi connectivity index (χ3n) is 2.12. The summed E-state index contributed by atoms with van der Waals surface area (Å²) in [7, 11) is 0. The number of urea groups is 2. The van der Waals surface area contributed by atoms with E-state index >= 15 is 0 Å². The molecule has 0 bridgehead atoms. The van der Waals surface area contributed by atoms with Gasteiger partial charge in [0.05, 0.1) is 10.0 Å². The lowest BCUT2D eigenvalue weighted by atomic mass is 10.3. The summed E-state index contributed by atoms with van der Waals surface area (Å²) in [5.41, 5.74) is 0.473. The van der Waals surface area contributed by atoms with Gasteiger partial charge >= 0.3 is 12.1 Å². The Balaban J connectivity index is 2.66. The van der Waals surface area contributed by atoms with E-state index in [0.29, 0.717) is 22.3 Å². The standard InChI is InChI=1S/C12H14Cl2N4O2S/c1-3-15-10(19)17-12(21-2)18-11(20)16-7-4-5-8(13)9(14)6-7/h4-6H,3H2,1-2H3,(H3,15,16,17,18,19,20). The van der Waals surface area contributed by atoms with Crippen molar-refractivity contribution in [3.63, 3.8) is 0 Å². The first-order chi connectivity index (χ1) is 9.96. The van der Waals surface area contributed by atoms with Crippen molar-refractivity contribution in [2.24, 2.45) is 4.99 Å². The maximum absolute atomic E-state index is 11.8. The highest BCUT2D eigenvalue weighted by atomic mass is 35.5. The summed E-state index contributed by atoms with van der Waals surface area (Å²) in [5, 5.41) is 8.43. The Hall–Kier alpha value is -1.44. The van der Waals surface area contributed by atoms with Crippen LogP contribution in [-0.2, 0) is 0 Å². The van der Waals surface area contributed by atoms with Gasteiger partial charge in [-0.2, -0.15) is 4.99 Å². The zero-order chi connectivity index (χ0) is 15.8. The number of amides is 4. The molecule has 0 unspecified atom stereocenters. The average Bonchev–Trinajstić information content (AvgIpc) is 2.42. The number of thioether (sulfide) groups is 1. The molecule has 0 aliphatic carbocycles.